The Labute approximate surface area is 129 Å². The van der Waals surface area contributed by atoms with Crippen LogP contribution in [0.15, 0.2) is 48.5 Å². The van der Waals surface area contributed by atoms with Crippen molar-refractivity contribution in [3.05, 3.63) is 54.1 Å². The van der Waals surface area contributed by atoms with Crippen molar-refractivity contribution in [3.63, 3.8) is 0 Å². The van der Waals surface area contributed by atoms with Crippen LogP contribution in [0.5, 0.6) is 0 Å². The van der Waals surface area contributed by atoms with Crippen LogP contribution in [-0.2, 0) is 4.74 Å². The molecule has 1 saturated heterocycles. The van der Waals surface area contributed by atoms with E-state index in [1.54, 1.807) is 18.2 Å². The van der Waals surface area contributed by atoms with Crippen LogP contribution in [0.3, 0.4) is 0 Å². The number of hydrogen-bond acceptors (Lipinski definition) is 4. The van der Waals surface area contributed by atoms with E-state index in [-0.39, 0.29) is 5.91 Å². The van der Waals surface area contributed by atoms with Crippen LogP contribution in [-0.4, -0.2) is 32.2 Å². The molecule has 0 unspecified atom stereocenters. The van der Waals surface area contributed by atoms with Gasteiger partial charge in [0.1, 0.15) is 0 Å². The van der Waals surface area contributed by atoms with Crippen LogP contribution in [0.25, 0.3) is 0 Å². The Morgan fingerprint density at radius 3 is 2.41 bits per heavy atom. The monoisotopic (exact) mass is 297 g/mol. The van der Waals surface area contributed by atoms with E-state index in [1.807, 2.05) is 30.3 Å². The van der Waals surface area contributed by atoms with Crippen molar-refractivity contribution in [1.82, 2.24) is 0 Å². The number of ether oxygens (including phenoxy) is 1. The molecule has 0 bridgehead atoms. The molecular formula is C17H19N3O2. The molecule has 0 spiro atoms. The number of para-hydroxylation sites is 1. The summed E-state index contributed by atoms with van der Waals surface area (Å²) in [6.45, 7) is 3.30. The minimum atomic E-state index is -0.197. The van der Waals surface area contributed by atoms with Crippen molar-refractivity contribution in [2.75, 3.05) is 42.3 Å². The van der Waals surface area contributed by atoms with E-state index in [4.69, 9.17) is 10.5 Å². The zero-order valence-corrected chi connectivity index (χ0v) is 12.3. The van der Waals surface area contributed by atoms with E-state index in [2.05, 4.69) is 10.2 Å². The van der Waals surface area contributed by atoms with Crippen molar-refractivity contribution < 1.29 is 9.53 Å². The number of nitrogen functional groups attached to an aromatic ring is 1. The molecule has 3 rings (SSSR count). The summed E-state index contributed by atoms with van der Waals surface area (Å²) in [7, 11) is 0. The molecule has 1 heterocycles. The topological polar surface area (TPSA) is 67.6 Å². The van der Waals surface area contributed by atoms with Gasteiger partial charge in [0.05, 0.1) is 18.8 Å². The van der Waals surface area contributed by atoms with E-state index < -0.39 is 0 Å². The predicted molar refractivity (Wildman–Crippen MR) is 88.3 cm³/mol. The molecule has 1 aliphatic rings. The summed E-state index contributed by atoms with van der Waals surface area (Å²) < 4.78 is 5.35. The molecule has 0 saturated carbocycles. The van der Waals surface area contributed by atoms with Crippen molar-refractivity contribution in [1.29, 1.82) is 0 Å². The average Bonchev–Trinajstić information content (AvgIpc) is 2.57. The molecule has 5 nitrogen and oxygen atoms in total. The maximum Gasteiger partial charge on any atom is 0.257 e. The Morgan fingerprint density at radius 1 is 1.05 bits per heavy atom. The fraction of sp³-hybridized carbons (Fsp3) is 0.235. The first-order chi connectivity index (χ1) is 10.7. The Balaban J connectivity index is 1.68. The van der Waals surface area contributed by atoms with E-state index in [0.29, 0.717) is 11.3 Å². The molecule has 3 N–H and O–H groups in total. The van der Waals surface area contributed by atoms with Crippen LogP contribution in [0.1, 0.15) is 10.4 Å². The molecule has 5 heteroatoms. The van der Waals surface area contributed by atoms with Crippen molar-refractivity contribution >= 4 is 23.0 Å². The maximum absolute atomic E-state index is 12.2. The molecule has 2 aromatic rings. The number of rotatable bonds is 3. The highest BCUT2D eigenvalue weighted by molar-refractivity contribution is 6.07. The third-order valence-corrected chi connectivity index (χ3v) is 3.71. The largest absolute Gasteiger partial charge is 0.398 e. The minimum Gasteiger partial charge on any atom is -0.398 e. The number of nitrogens with two attached hydrogens (primary N) is 1. The van der Waals surface area contributed by atoms with Gasteiger partial charge in [-0.2, -0.15) is 0 Å². The van der Waals surface area contributed by atoms with Gasteiger partial charge in [0.25, 0.3) is 5.91 Å². The summed E-state index contributed by atoms with van der Waals surface area (Å²) in [6.07, 6.45) is 0. The van der Waals surface area contributed by atoms with Gasteiger partial charge in [0.15, 0.2) is 0 Å². The molecule has 22 heavy (non-hydrogen) atoms. The number of hydrogen-bond donors (Lipinski definition) is 2. The molecule has 2 aromatic carbocycles. The standard InChI is InChI=1S/C17H19N3O2/c18-16-4-2-1-3-15(16)17(21)19-13-5-7-14(8-6-13)20-9-11-22-12-10-20/h1-8H,9-12,18H2,(H,19,21). The fourth-order valence-electron chi connectivity index (χ4n) is 2.48. The first-order valence-corrected chi connectivity index (χ1v) is 7.32. The maximum atomic E-state index is 12.2. The van der Waals surface area contributed by atoms with E-state index in [1.165, 1.54) is 0 Å². The zero-order chi connectivity index (χ0) is 15.4. The van der Waals surface area contributed by atoms with Crippen LogP contribution >= 0.6 is 0 Å². The van der Waals surface area contributed by atoms with Gasteiger partial charge in [-0.05, 0) is 36.4 Å². The van der Waals surface area contributed by atoms with Crippen LogP contribution in [0, 0.1) is 0 Å². The van der Waals surface area contributed by atoms with Gasteiger partial charge in [-0.3, -0.25) is 4.79 Å². The second-order valence-corrected chi connectivity index (χ2v) is 5.19. The Hall–Kier alpha value is -2.53. The molecule has 0 aliphatic carbocycles. The number of morpholine rings is 1. The number of nitrogens with zero attached hydrogens (tertiary/aromatic N) is 1. The lowest BCUT2D eigenvalue weighted by molar-refractivity contribution is 0.102. The Morgan fingerprint density at radius 2 is 1.73 bits per heavy atom. The number of carbonyl (C=O) groups excluding carboxylic acids is 1. The summed E-state index contributed by atoms with van der Waals surface area (Å²) in [6, 6.07) is 14.9. The van der Waals surface area contributed by atoms with Crippen LogP contribution < -0.4 is 16.0 Å². The van der Waals surface area contributed by atoms with Crippen molar-refractivity contribution in [2.45, 2.75) is 0 Å². The van der Waals surface area contributed by atoms with Gasteiger partial charge < -0.3 is 20.7 Å². The molecule has 114 valence electrons. The lowest BCUT2D eigenvalue weighted by Gasteiger charge is -2.28. The predicted octanol–water partition coefficient (Wildman–Crippen LogP) is 2.36. The molecule has 0 radical (unpaired) electrons. The Bertz CT molecular complexity index is 649. The number of carbonyl (C=O) groups is 1. The molecule has 1 amide bonds. The van der Waals surface area contributed by atoms with Gasteiger partial charge in [-0.25, -0.2) is 0 Å². The molecule has 1 aliphatic heterocycles. The van der Waals surface area contributed by atoms with Crippen LogP contribution in [0.2, 0.25) is 0 Å². The smallest absolute Gasteiger partial charge is 0.257 e. The van der Waals surface area contributed by atoms with Gasteiger partial charge in [-0.1, -0.05) is 12.1 Å². The second kappa shape index (κ2) is 6.49. The van der Waals surface area contributed by atoms with E-state index >= 15 is 0 Å². The fourth-order valence-corrected chi connectivity index (χ4v) is 2.48. The SMILES string of the molecule is Nc1ccccc1C(=O)Nc1ccc(N2CCOCC2)cc1. The zero-order valence-electron chi connectivity index (χ0n) is 12.3. The first-order valence-electron chi connectivity index (χ1n) is 7.32. The molecule has 0 atom stereocenters. The highest BCUT2D eigenvalue weighted by Gasteiger charge is 2.12. The summed E-state index contributed by atoms with van der Waals surface area (Å²) in [5.41, 5.74) is 8.67. The number of amides is 1. The van der Waals surface area contributed by atoms with Gasteiger partial charge in [0.2, 0.25) is 0 Å². The summed E-state index contributed by atoms with van der Waals surface area (Å²) >= 11 is 0. The van der Waals surface area contributed by atoms with Crippen molar-refractivity contribution in [2.24, 2.45) is 0 Å². The third kappa shape index (κ3) is 3.20. The van der Waals surface area contributed by atoms with Gasteiger partial charge >= 0.3 is 0 Å². The van der Waals surface area contributed by atoms with Crippen molar-refractivity contribution in [3.8, 4) is 0 Å². The lowest BCUT2D eigenvalue weighted by atomic mass is 10.1. The molecule has 0 aromatic heterocycles. The Kier molecular flexibility index (Phi) is 4.25. The minimum absolute atomic E-state index is 0.197. The summed E-state index contributed by atoms with van der Waals surface area (Å²) in [4.78, 5) is 14.5. The first kappa shape index (κ1) is 14.4. The highest BCUT2D eigenvalue weighted by Crippen LogP contribution is 2.20. The van der Waals surface area contributed by atoms with Gasteiger partial charge in [0, 0.05) is 30.2 Å². The number of anilines is 3. The molecular weight excluding hydrogens is 278 g/mol. The molecule has 1 fully saturated rings. The van der Waals surface area contributed by atoms with Gasteiger partial charge in [-0.15, -0.1) is 0 Å². The number of benzene rings is 2. The van der Waals surface area contributed by atoms with E-state index in [9.17, 15) is 4.79 Å². The quantitative estimate of drug-likeness (QED) is 0.853. The third-order valence-electron chi connectivity index (χ3n) is 3.71. The lowest BCUT2D eigenvalue weighted by Crippen LogP contribution is -2.36. The normalized spacial score (nSPS) is 14.6. The summed E-state index contributed by atoms with van der Waals surface area (Å²) in [5.74, 6) is -0.197. The second-order valence-electron chi connectivity index (χ2n) is 5.19. The van der Waals surface area contributed by atoms with Crippen LogP contribution in [0.4, 0.5) is 17.1 Å². The number of nitrogens with one attached hydrogen (secondary N) is 1. The van der Waals surface area contributed by atoms with E-state index in [0.717, 1.165) is 37.7 Å². The highest BCUT2D eigenvalue weighted by atomic mass is 16.5. The summed E-state index contributed by atoms with van der Waals surface area (Å²) in [5, 5.41) is 2.87. The average molecular weight is 297 g/mol.